The number of sulfonamides is 1. The zero-order chi connectivity index (χ0) is 15.8. The number of likely N-dealkylation sites (N-methyl/N-ethyl adjacent to an activating group) is 1. The Labute approximate surface area is 127 Å². The van der Waals surface area contributed by atoms with Gasteiger partial charge in [-0.25, -0.2) is 8.42 Å². The lowest BCUT2D eigenvalue weighted by atomic mass is 9.93. The molecular weight excluding hydrogens is 286 g/mol. The van der Waals surface area contributed by atoms with E-state index in [2.05, 4.69) is 0 Å². The van der Waals surface area contributed by atoms with Crippen LogP contribution in [0.1, 0.15) is 42.4 Å². The van der Waals surface area contributed by atoms with E-state index >= 15 is 0 Å². The number of hydrogen-bond acceptors (Lipinski definition) is 3. The minimum atomic E-state index is -3.58. The molecule has 0 aromatic heterocycles. The molecule has 0 bridgehead atoms. The molecule has 1 aromatic rings. The van der Waals surface area contributed by atoms with E-state index in [0.717, 1.165) is 36.0 Å². The molecule has 118 valence electrons. The van der Waals surface area contributed by atoms with Crippen LogP contribution in [-0.2, 0) is 10.0 Å². The van der Waals surface area contributed by atoms with E-state index < -0.39 is 16.1 Å². The maximum absolute atomic E-state index is 12.9. The average molecular weight is 311 g/mol. The van der Waals surface area contributed by atoms with Crippen molar-refractivity contribution in [2.75, 3.05) is 7.05 Å². The molecule has 1 aliphatic rings. The molecule has 0 saturated heterocycles. The molecule has 1 fully saturated rings. The Balaban J connectivity index is 2.42. The second kappa shape index (κ2) is 6.07. The number of nitrogens with zero attached hydrogens (tertiary/aromatic N) is 1. The second-order valence-electron chi connectivity index (χ2n) is 6.17. The van der Waals surface area contributed by atoms with Gasteiger partial charge in [0.2, 0.25) is 10.0 Å². The quantitative estimate of drug-likeness (QED) is 0.933. The first-order valence-electron chi connectivity index (χ1n) is 7.49. The predicted molar refractivity (Wildman–Crippen MR) is 83.9 cm³/mol. The highest BCUT2D eigenvalue weighted by Crippen LogP contribution is 2.30. The van der Waals surface area contributed by atoms with Gasteiger partial charge in [-0.05, 0) is 44.7 Å². The smallest absolute Gasteiger partial charge is 0.243 e. The van der Waals surface area contributed by atoms with Crippen molar-refractivity contribution in [1.29, 1.82) is 0 Å². The SMILES string of the molecule is Cc1cc(C)c(S(=O)(=O)N(C)[C@@H]2CCCC[C@H]2O)c(C)c1. The van der Waals surface area contributed by atoms with Crippen LogP contribution >= 0.6 is 0 Å². The standard InChI is InChI=1S/C16H25NO3S/c1-11-9-12(2)16(13(3)10-11)21(19,20)17(4)14-7-5-6-8-15(14)18/h9-10,14-15,18H,5-8H2,1-4H3/t14-,15-/m1/s1. The maximum atomic E-state index is 12.9. The van der Waals surface area contributed by atoms with Gasteiger partial charge in [0.1, 0.15) is 0 Å². The summed E-state index contributed by atoms with van der Waals surface area (Å²) < 4.78 is 27.3. The maximum Gasteiger partial charge on any atom is 0.243 e. The minimum Gasteiger partial charge on any atom is -0.391 e. The summed E-state index contributed by atoms with van der Waals surface area (Å²) in [5.74, 6) is 0. The predicted octanol–water partition coefficient (Wildman–Crippen LogP) is 2.54. The molecule has 2 rings (SSSR count). The first-order chi connectivity index (χ1) is 9.75. The van der Waals surface area contributed by atoms with Crippen molar-refractivity contribution in [2.45, 2.75) is 63.5 Å². The van der Waals surface area contributed by atoms with E-state index in [1.54, 1.807) is 7.05 Å². The summed E-state index contributed by atoms with van der Waals surface area (Å²) in [7, 11) is -1.99. The van der Waals surface area contributed by atoms with Crippen LogP contribution in [0.2, 0.25) is 0 Å². The van der Waals surface area contributed by atoms with Gasteiger partial charge in [0, 0.05) is 7.05 Å². The van der Waals surface area contributed by atoms with Crippen LogP contribution in [0.15, 0.2) is 17.0 Å². The fourth-order valence-corrected chi connectivity index (χ4v) is 5.23. The van der Waals surface area contributed by atoms with Gasteiger partial charge >= 0.3 is 0 Å². The van der Waals surface area contributed by atoms with Crippen molar-refractivity contribution in [3.8, 4) is 0 Å². The van der Waals surface area contributed by atoms with Crippen LogP contribution in [0.4, 0.5) is 0 Å². The highest BCUT2D eigenvalue weighted by atomic mass is 32.2. The van der Waals surface area contributed by atoms with E-state index in [9.17, 15) is 13.5 Å². The molecule has 0 spiro atoms. The zero-order valence-electron chi connectivity index (χ0n) is 13.3. The molecule has 1 aliphatic carbocycles. The Morgan fingerprint density at radius 2 is 1.62 bits per heavy atom. The lowest BCUT2D eigenvalue weighted by Crippen LogP contribution is -2.46. The molecule has 4 nitrogen and oxygen atoms in total. The molecule has 0 radical (unpaired) electrons. The highest BCUT2D eigenvalue weighted by Gasteiger charge is 2.35. The number of aliphatic hydroxyl groups excluding tert-OH is 1. The Morgan fingerprint density at radius 3 is 2.14 bits per heavy atom. The van der Waals surface area contributed by atoms with Gasteiger partial charge in [0.15, 0.2) is 0 Å². The normalized spacial score (nSPS) is 23.5. The molecule has 1 aromatic carbocycles. The van der Waals surface area contributed by atoms with Crippen LogP contribution in [0.3, 0.4) is 0 Å². The van der Waals surface area contributed by atoms with Gasteiger partial charge in [-0.1, -0.05) is 30.5 Å². The van der Waals surface area contributed by atoms with Gasteiger partial charge in [0.25, 0.3) is 0 Å². The summed E-state index contributed by atoms with van der Waals surface area (Å²) in [5.41, 5.74) is 2.60. The number of rotatable bonds is 3. The summed E-state index contributed by atoms with van der Waals surface area (Å²) in [4.78, 5) is 0.383. The first-order valence-corrected chi connectivity index (χ1v) is 8.93. The fourth-order valence-electron chi connectivity index (χ4n) is 3.41. The summed E-state index contributed by atoms with van der Waals surface area (Å²) in [6, 6.07) is 3.47. The molecular formula is C16H25NO3S. The van der Waals surface area contributed by atoms with Crippen molar-refractivity contribution in [3.63, 3.8) is 0 Å². The van der Waals surface area contributed by atoms with Crippen molar-refractivity contribution >= 4 is 10.0 Å². The molecule has 0 unspecified atom stereocenters. The Morgan fingerprint density at radius 1 is 1.10 bits per heavy atom. The Bertz CT molecular complexity index is 601. The zero-order valence-corrected chi connectivity index (χ0v) is 14.1. The average Bonchev–Trinajstić information content (AvgIpc) is 2.36. The highest BCUT2D eigenvalue weighted by molar-refractivity contribution is 7.89. The summed E-state index contributed by atoms with van der Waals surface area (Å²) in [6.07, 6.45) is 2.77. The van der Waals surface area contributed by atoms with E-state index in [0.29, 0.717) is 11.3 Å². The van der Waals surface area contributed by atoms with Crippen LogP contribution < -0.4 is 0 Å². The third-order valence-electron chi connectivity index (χ3n) is 4.40. The largest absolute Gasteiger partial charge is 0.391 e. The number of hydrogen-bond donors (Lipinski definition) is 1. The van der Waals surface area contributed by atoms with Crippen molar-refractivity contribution in [2.24, 2.45) is 0 Å². The van der Waals surface area contributed by atoms with E-state index in [-0.39, 0.29) is 6.04 Å². The van der Waals surface area contributed by atoms with Gasteiger partial charge in [0.05, 0.1) is 17.0 Å². The number of benzene rings is 1. The summed E-state index contributed by atoms with van der Waals surface area (Å²) >= 11 is 0. The van der Waals surface area contributed by atoms with E-state index in [1.807, 2.05) is 32.9 Å². The van der Waals surface area contributed by atoms with Crippen molar-refractivity contribution in [3.05, 3.63) is 28.8 Å². The molecule has 0 aliphatic heterocycles. The van der Waals surface area contributed by atoms with Crippen molar-refractivity contribution in [1.82, 2.24) is 4.31 Å². The lowest BCUT2D eigenvalue weighted by Gasteiger charge is -2.35. The topological polar surface area (TPSA) is 57.6 Å². The summed E-state index contributed by atoms with van der Waals surface area (Å²) in [6.45, 7) is 5.63. The van der Waals surface area contributed by atoms with E-state index in [4.69, 9.17) is 0 Å². The molecule has 21 heavy (non-hydrogen) atoms. The Hall–Kier alpha value is -0.910. The molecule has 1 saturated carbocycles. The number of aryl methyl sites for hydroxylation is 3. The van der Waals surface area contributed by atoms with Gasteiger partial charge in [-0.2, -0.15) is 4.31 Å². The third kappa shape index (κ3) is 3.15. The fraction of sp³-hybridized carbons (Fsp3) is 0.625. The molecule has 1 N–H and O–H groups in total. The van der Waals surface area contributed by atoms with Crippen LogP contribution in [0, 0.1) is 20.8 Å². The van der Waals surface area contributed by atoms with Crippen LogP contribution in [0.25, 0.3) is 0 Å². The third-order valence-corrected chi connectivity index (χ3v) is 6.59. The van der Waals surface area contributed by atoms with E-state index in [1.165, 1.54) is 4.31 Å². The Kier molecular flexibility index (Phi) is 4.76. The monoisotopic (exact) mass is 311 g/mol. The van der Waals surface area contributed by atoms with Crippen molar-refractivity contribution < 1.29 is 13.5 Å². The number of aliphatic hydroxyl groups is 1. The first kappa shape index (κ1) is 16.5. The lowest BCUT2D eigenvalue weighted by molar-refractivity contribution is 0.0637. The molecule has 0 amide bonds. The summed E-state index contributed by atoms with van der Waals surface area (Å²) in [5, 5.41) is 10.1. The van der Waals surface area contributed by atoms with Crippen LogP contribution in [-0.4, -0.2) is 37.0 Å². The van der Waals surface area contributed by atoms with Gasteiger partial charge < -0.3 is 5.11 Å². The molecule has 0 heterocycles. The molecule has 2 atom stereocenters. The second-order valence-corrected chi connectivity index (χ2v) is 8.10. The molecule has 5 heteroatoms. The van der Waals surface area contributed by atoms with Gasteiger partial charge in [-0.3, -0.25) is 0 Å². The minimum absolute atomic E-state index is 0.316. The van der Waals surface area contributed by atoms with Crippen LogP contribution in [0.5, 0.6) is 0 Å². The van der Waals surface area contributed by atoms with Gasteiger partial charge in [-0.15, -0.1) is 0 Å².